The van der Waals surface area contributed by atoms with Crippen LogP contribution in [0.1, 0.15) is 17.2 Å². The average molecular weight is 397 g/mol. The fourth-order valence-corrected chi connectivity index (χ4v) is 2.95. The van der Waals surface area contributed by atoms with Gasteiger partial charge in [-0.2, -0.15) is 0 Å². The van der Waals surface area contributed by atoms with E-state index in [1.54, 1.807) is 0 Å². The largest absolute Gasteiger partial charge is 0.482 e. The molecule has 0 aliphatic carbocycles. The van der Waals surface area contributed by atoms with Crippen LogP contribution < -0.4 is 10.1 Å². The third-order valence-electron chi connectivity index (χ3n) is 4.06. The van der Waals surface area contributed by atoms with Crippen LogP contribution in [0.3, 0.4) is 0 Å². The number of hydrogen-bond acceptors (Lipinski definition) is 4. The predicted octanol–water partition coefficient (Wildman–Crippen LogP) is 4.53. The Labute approximate surface area is 166 Å². The van der Waals surface area contributed by atoms with Crippen LogP contribution in [0.15, 0.2) is 78.9 Å². The summed E-state index contributed by atoms with van der Waals surface area (Å²) in [5.74, 6) is -0.134. The molecule has 0 atom stereocenters. The molecule has 0 bridgehead atoms. The monoisotopic (exact) mass is 396 g/mol. The zero-order chi connectivity index (χ0) is 19.9. The number of non-ortho nitro benzene ring substituents is 1. The lowest BCUT2D eigenvalue weighted by Crippen LogP contribution is -2.33. The number of nitrogens with zero attached hydrogens (tertiary/aromatic N) is 1. The Kier molecular flexibility index (Phi) is 6.24. The molecule has 0 heterocycles. The van der Waals surface area contributed by atoms with E-state index in [0.717, 1.165) is 11.1 Å². The van der Waals surface area contributed by atoms with Crippen molar-refractivity contribution in [1.82, 2.24) is 5.32 Å². The Morgan fingerprint density at radius 3 is 2.07 bits per heavy atom. The Balaban J connectivity index is 1.70. The Morgan fingerprint density at radius 2 is 1.57 bits per heavy atom. The summed E-state index contributed by atoms with van der Waals surface area (Å²) >= 11 is 5.99. The smallest absolute Gasteiger partial charge is 0.271 e. The number of nitro benzene ring substituents is 1. The quantitative estimate of drug-likeness (QED) is 0.469. The lowest BCUT2D eigenvalue weighted by Gasteiger charge is -2.20. The van der Waals surface area contributed by atoms with Crippen molar-refractivity contribution in [3.8, 4) is 5.75 Å². The van der Waals surface area contributed by atoms with Gasteiger partial charge in [0.1, 0.15) is 5.75 Å². The Bertz CT molecular complexity index is 925. The highest BCUT2D eigenvalue weighted by molar-refractivity contribution is 6.32. The molecule has 0 aromatic heterocycles. The van der Waals surface area contributed by atoms with Crippen LogP contribution in [0, 0.1) is 10.1 Å². The van der Waals surface area contributed by atoms with E-state index >= 15 is 0 Å². The lowest BCUT2D eigenvalue weighted by molar-refractivity contribution is -0.384. The minimum absolute atomic E-state index is 0.0738. The first-order valence-electron chi connectivity index (χ1n) is 8.50. The maximum Gasteiger partial charge on any atom is 0.271 e. The Morgan fingerprint density at radius 1 is 1.00 bits per heavy atom. The van der Waals surface area contributed by atoms with E-state index in [1.165, 1.54) is 18.2 Å². The maximum absolute atomic E-state index is 12.5. The highest BCUT2D eigenvalue weighted by atomic mass is 35.5. The molecule has 0 aliphatic heterocycles. The van der Waals surface area contributed by atoms with Crippen LogP contribution in [0.25, 0.3) is 0 Å². The van der Waals surface area contributed by atoms with Gasteiger partial charge in [-0.05, 0) is 17.2 Å². The van der Waals surface area contributed by atoms with Crippen molar-refractivity contribution in [3.05, 3.63) is 105 Å². The topological polar surface area (TPSA) is 81.5 Å². The first-order chi connectivity index (χ1) is 13.5. The molecule has 7 heteroatoms. The molecule has 0 spiro atoms. The van der Waals surface area contributed by atoms with Gasteiger partial charge in [0.25, 0.3) is 11.6 Å². The fraction of sp³-hybridized carbons (Fsp3) is 0.0952. The SMILES string of the molecule is O=C(COc1ccc([N+](=O)[O-])cc1Cl)NC(c1ccccc1)c1ccccc1. The average Bonchev–Trinajstić information content (AvgIpc) is 2.72. The van der Waals surface area contributed by atoms with E-state index in [9.17, 15) is 14.9 Å². The second-order valence-corrected chi connectivity index (χ2v) is 6.39. The molecule has 0 saturated heterocycles. The number of carbonyl (C=O) groups is 1. The lowest BCUT2D eigenvalue weighted by atomic mass is 9.99. The molecule has 3 aromatic rings. The second-order valence-electron chi connectivity index (χ2n) is 5.98. The van der Waals surface area contributed by atoms with Crippen molar-refractivity contribution in [1.29, 1.82) is 0 Å². The van der Waals surface area contributed by atoms with Gasteiger partial charge in [-0.15, -0.1) is 0 Å². The van der Waals surface area contributed by atoms with Gasteiger partial charge in [-0.1, -0.05) is 72.3 Å². The standard InChI is InChI=1S/C21H17ClN2O4/c22-18-13-17(24(26)27)11-12-19(18)28-14-20(25)23-21(15-7-3-1-4-8-15)16-9-5-2-6-10-16/h1-13,21H,14H2,(H,23,25). The van der Waals surface area contributed by atoms with E-state index in [4.69, 9.17) is 16.3 Å². The Hall–Kier alpha value is -3.38. The van der Waals surface area contributed by atoms with Crippen LogP contribution in [-0.2, 0) is 4.79 Å². The van der Waals surface area contributed by atoms with Gasteiger partial charge in [0.2, 0.25) is 0 Å². The molecule has 1 N–H and O–H groups in total. The van der Waals surface area contributed by atoms with E-state index in [1.807, 2.05) is 60.7 Å². The van der Waals surface area contributed by atoms with Crippen LogP contribution in [0.2, 0.25) is 5.02 Å². The molecule has 28 heavy (non-hydrogen) atoms. The van der Waals surface area contributed by atoms with E-state index < -0.39 is 4.92 Å². The number of halogens is 1. The molecule has 3 aromatic carbocycles. The number of benzene rings is 3. The summed E-state index contributed by atoms with van der Waals surface area (Å²) in [6, 6.07) is 22.7. The number of amides is 1. The van der Waals surface area contributed by atoms with Gasteiger partial charge in [0.15, 0.2) is 6.61 Å². The molecule has 3 rings (SSSR count). The molecule has 0 aliphatic rings. The van der Waals surface area contributed by atoms with Crippen LogP contribution >= 0.6 is 11.6 Å². The minimum Gasteiger partial charge on any atom is -0.482 e. The number of nitro groups is 1. The van der Waals surface area contributed by atoms with Crippen molar-refractivity contribution >= 4 is 23.2 Å². The number of hydrogen-bond donors (Lipinski definition) is 1. The van der Waals surface area contributed by atoms with Crippen molar-refractivity contribution in [3.63, 3.8) is 0 Å². The normalized spacial score (nSPS) is 10.5. The van der Waals surface area contributed by atoms with Crippen molar-refractivity contribution in [2.45, 2.75) is 6.04 Å². The summed E-state index contributed by atoms with van der Waals surface area (Å²) in [5, 5.41) is 13.8. The van der Waals surface area contributed by atoms with Crippen molar-refractivity contribution < 1.29 is 14.5 Å². The van der Waals surface area contributed by atoms with Gasteiger partial charge in [-0.3, -0.25) is 14.9 Å². The summed E-state index contributed by atoms with van der Waals surface area (Å²) in [4.78, 5) is 22.7. The van der Waals surface area contributed by atoms with E-state index in [0.29, 0.717) is 0 Å². The molecule has 0 saturated carbocycles. The molecule has 142 valence electrons. The second kappa shape index (κ2) is 9.01. The summed E-state index contributed by atoms with van der Waals surface area (Å²) in [7, 11) is 0. The van der Waals surface area contributed by atoms with Crippen LogP contribution in [-0.4, -0.2) is 17.4 Å². The van der Waals surface area contributed by atoms with Crippen LogP contribution in [0.5, 0.6) is 5.75 Å². The predicted molar refractivity (Wildman–Crippen MR) is 106 cm³/mol. The zero-order valence-electron chi connectivity index (χ0n) is 14.7. The van der Waals surface area contributed by atoms with Gasteiger partial charge in [-0.25, -0.2) is 0 Å². The van der Waals surface area contributed by atoms with Crippen molar-refractivity contribution in [2.24, 2.45) is 0 Å². The maximum atomic E-state index is 12.5. The summed E-state index contributed by atoms with van der Waals surface area (Å²) in [6.45, 7) is -0.270. The van der Waals surface area contributed by atoms with Gasteiger partial charge < -0.3 is 10.1 Å². The molecule has 0 fully saturated rings. The highest BCUT2D eigenvalue weighted by Gasteiger charge is 2.17. The van der Waals surface area contributed by atoms with Crippen molar-refractivity contribution in [2.75, 3.05) is 6.61 Å². The fourth-order valence-electron chi connectivity index (χ4n) is 2.72. The molecule has 0 unspecified atom stereocenters. The zero-order valence-corrected chi connectivity index (χ0v) is 15.5. The first-order valence-corrected chi connectivity index (χ1v) is 8.88. The first kappa shape index (κ1) is 19.4. The molecule has 1 amide bonds. The number of carbonyl (C=O) groups excluding carboxylic acids is 1. The molecule has 6 nitrogen and oxygen atoms in total. The summed E-state index contributed by atoms with van der Waals surface area (Å²) in [6.07, 6.45) is 0. The molecular weight excluding hydrogens is 380 g/mol. The molecular formula is C21H17ClN2O4. The van der Waals surface area contributed by atoms with Gasteiger partial charge >= 0.3 is 0 Å². The third kappa shape index (κ3) is 4.86. The highest BCUT2D eigenvalue weighted by Crippen LogP contribution is 2.28. The number of rotatable bonds is 7. The number of nitrogens with one attached hydrogen (secondary N) is 1. The third-order valence-corrected chi connectivity index (χ3v) is 4.35. The van der Waals surface area contributed by atoms with E-state index in [2.05, 4.69) is 5.32 Å². The molecule has 0 radical (unpaired) electrons. The van der Waals surface area contributed by atoms with Crippen LogP contribution in [0.4, 0.5) is 5.69 Å². The summed E-state index contributed by atoms with van der Waals surface area (Å²) < 4.78 is 5.44. The van der Waals surface area contributed by atoms with Gasteiger partial charge in [0.05, 0.1) is 16.0 Å². The van der Waals surface area contributed by atoms with E-state index in [-0.39, 0.29) is 35.0 Å². The van der Waals surface area contributed by atoms with Gasteiger partial charge in [0, 0.05) is 12.1 Å². The minimum atomic E-state index is -0.549. The summed E-state index contributed by atoms with van der Waals surface area (Å²) in [5.41, 5.74) is 1.74. The number of ether oxygens (including phenoxy) is 1.